The van der Waals surface area contributed by atoms with Gasteiger partial charge in [-0.15, -0.1) is 0 Å². The SMILES string of the molecule is CC1(O)C(n2cc3c4c(ncnc42)N=CCC3)OC(CO)[C@H]1O. The van der Waals surface area contributed by atoms with E-state index >= 15 is 0 Å². The first-order valence-corrected chi connectivity index (χ1v) is 7.57. The summed E-state index contributed by atoms with van der Waals surface area (Å²) >= 11 is 0. The van der Waals surface area contributed by atoms with Gasteiger partial charge in [-0.05, 0) is 25.3 Å². The summed E-state index contributed by atoms with van der Waals surface area (Å²) in [4.78, 5) is 12.9. The largest absolute Gasteiger partial charge is 0.394 e. The quantitative estimate of drug-likeness (QED) is 0.723. The lowest BCUT2D eigenvalue weighted by Crippen LogP contribution is -2.44. The van der Waals surface area contributed by atoms with E-state index in [-0.39, 0.29) is 6.61 Å². The van der Waals surface area contributed by atoms with Gasteiger partial charge in [-0.2, -0.15) is 0 Å². The molecule has 2 aromatic rings. The Hall–Kier alpha value is -1.87. The molecule has 3 unspecified atom stereocenters. The summed E-state index contributed by atoms with van der Waals surface area (Å²) in [5.74, 6) is 0.596. The number of rotatable bonds is 2. The van der Waals surface area contributed by atoms with Crippen LogP contribution in [0.4, 0.5) is 5.82 Å². The molecular weight excluding hydrogens is 300 g/mol. The number of aryl methyl sites for hydroxylation is 1. The van der Waals surface area contributed by atoms with E-state index in [0.29, 0.717) is 11.5 Å². The third-order valence-corrected chi connectivity index (χ3v) is 4.61. The van der Waals surface area contributed by atoms with E-state index in [0.717, 1.165) is 23.8 Å². The van der Waals surface area contributed by atoms with Gasteiger partial charge in [0.15, 0.2) is 12.0 Å². The van der Waals surface area contributed by atoms with E-state index in [9.17, 15) is 15.3 Å². The van der Waals surface area contributed by atoms with Crippen molar-refractivity contribution in [2.24, 2.45) is 4.99 Å². The third kappa shape index (κ3) is 2.03. The van der Waals surface area contributed by atoms with Gasteiger partial charge in [0.05, 0.1) is 12.0 Å². The molecule has 0 aliphatic carbocycles. The molecule has 0 saturated carbocycles. The third-order valence-electron chi connectivity index (χ3n) is 4.61. The maximum Gasteiger partial charge on any atom is 0.167 e. The Labute approximate surface area is 132 Å². The summed E-state index contributed by atoms with van der Waals surface area (Å²) in [7, 11) is 0. The Morgan fingerprint density at radius 3 is 3.00 bits per heavy atom. The smallest absolute Gasteiger partial charge is 0.167 e. The van der Waals surface area contributed by atoms with Crippen molar-refractivity contribution < 1.29 is 20.1 Å². The fourth-order valence-electron chi connectivity index (χ4n) is 3.37. The summed E-state index contributed by atoms with van der Waals surface area (Å²) in [5.41, 5.74) is 0.0734. The van der Waals surface area contributed by atoms with Crippen LogP contribution in [0.5, 0.6) is 0 Å². The van der Waals surface area contributed by atoms with Crippen molar-refractivity contribution in [1.82, 2.24) is 14.5 Å². The van der Waals surface area contributed by atoms with Crippen LogP contribution in [0.1, 0.15) is 25.1 Å². The first kappa shape index (κ1) is 14.7. The molecule has 1 saturated heterocycles. The van der Waals surface area contributed by atoms with Gasteiger partial charge in [0.25, 0.3) is 0 Å². The standard InChI is InChI=1S/C15H18N4O4/c1-15(22)11(21)9(6-20)23-14(15)19-5-8-3-2-4-16-12-10(8)13(19)18-7-17-12/h4-5,7,9,11,14,20-22H,2-3,6H2,1H3/t9?,11-,14?,15?/m1/s1. The second-order valence-electron chi connectivity index (χ2n) is 6.19. The van der Waals surface area contributed by atoms with Gasteiger partial charge in [-0.25, -0.2) is 15.0 Å². The Kier molecular flexibility index (Phi) is 3.24. The first-order chi connectivity index (χ1) is 11.0. The van der Waals surface area contributed by atoms with Crippen LogP contribution >= 0.6 is 0 Å². The summed E-state index contributed by atoms with van der Waals surface area (Å²) in [6, 6.07) is 0. The molecule has 3 N–H and O–H groups in total. The van der Waals surface area contributed by atoms with Crippen molar-refractivity contribution in [3.8, 4) is 0 Å². The summed E-state index contributed by atoms with van der Waals surface area (Å²) in [6.45, 7) is 1.13. The van der Waals surface area contributed by atoms with Crippen LogP contribution in [0.2, 0.25) is 0 Å². The number of hydrogen-bond donors (Lipinski definition) is 3. The molecule has 4 rings (SSSR count). The summed E-state index contributed by atoms with van der Waals surface area (Å²) in [6.07, 6.45) is 3.81. The van der Waals surface area contributed by atoms with Crippen molar-refractivity contribution >= 4 is 23.1 Å². The van der Waals surface area contributed by atoms with Crippen LogP contribution in [-0.2, 0) is 11.2 Å². The molecule has 0 radical (unpaired) electrons. The van der Waals surface area contributed by atoms with Crippen molar-refractivity contribution in [2.45, 2.75) is 43.8 Å². The van der Waals surface area contributed by atoms with Gasteiger partial charge in [-0.3, -0.25) is 0 Å². The molecule has 23 heavy (non-hydrogen) atoms. The van der Waals surface area contributed by atoms with E-state index < -0.39 is 24.0 Å². The predicted molar refractivity (Wildman–Crippen MR) is 81.6 cm³/mol. The lowest BCUT2D eigenvalue weighted by atomic mass is 9.96. The average Bonchev–Trinajstić information content (AvgIpc) is 2.90. The second kappa shape index (κ2) is 5.07. The molecule has 8 nitrogen and oxygen atoms in total. The Balaban J connectivity index is 1.89. The molecule has 2 aliphatic heterocycles. The maximum absolute atomic E-state index is 10.7. The van der Waals surface area contributed by atoms with Gasteiger partial charge >= 0.3 is 0 Å². The van der Waals surface area contributed by atoms with E-state index in [1.165, 1.54) is 13.3 Å². The fourth-order valence-corrected chi connectivity index (χ4v) is 3.37. The van der Waals surface area contributed by atoms with Gasteiger partial charge in [0.1, 0.15) is 29.8 Å². The minimum atomic E-state index is -1.55. The van der Waals surface area contributed by atoms with Crippen molar-refractivity contribution in [3.05, 3.63) is 18.1 Å². The van der Waals surface area contributed by atoms with E-state index in [1.807, 2.05) is 12.4 Å². The summed E-state index contributed by atoms with van der Waals surface area (Å²) in [5, 5.41) is 31.0. The van der Waals surface area contributed by atoms with E-state index in [4.69, 9.17) is 4.74 Å². The molecule has 0 spiro atoms. The second-order valence-corrected chi connectivity index (χ2v) is 6.19. The topological polar surface area (TPSA) is 113 Å². The number of ether oxygens (including phenoxy) is 1. The first-order valence-electron chi connectivity index (χ1n) is 7.57. The fraction of sp³-hybridized carbons (Fsp3) is 0.533. The van der Waals surface area contributed by atoms with Crippen molar-refractivity contribution in [2.75, 3.05) is 6.61 Å². The molecule has 4 heterocycles. The monoisotopic (exact) mass is 318 g/mol. The number of aliphatic hydroxyl groups excluding tert-OH is 2. The van der Waals surface area contributed by atoms with Crippen LogP contribution in [0.15, 0.2) is 17.5 Å². The molecule has 0 amide bonds. The predicted octanol–water partition coefficient (Wildman–Crippen LogP) is 0.0814. The normalized spacial score (nSPS) is 33.3. The van der Waals surface area contributed by atoms with Crippen LogP contribution in [0, 0.1) is 0 Å². The zero-order chi connectivity index (χ0) is 16.2. The van der Waals surface area contributed by atoms with Crippen molar-refractivity contribution in [3.63, 3.8) is 0 Å². The van der Waals surface area contributed by atoms with Crippen LogP contribution < -0.4 is 0 Å². The highest BCUT2D eigenvalue weighted by Crippen LogP contribution is 2.41. The lowest BCUT2D eigenvalue weighted by molar-refractivity contribution is -0.0948. The number of hydrogen-bond acceptors (Lipinski definition) is 7. The molecule has 1 fully saturated rings. The van der Waals surface area contributed by atoms with Crippen LogP contribution in [0.25, 0.3) is 11.0 Å². The van der Waals surface area contributed by atoms with Gasteiger partial charge < -0.3 is 24.6 Å². The number of aliphatic imine (C=N–C) groups is 1. The number of aliphatic hydroxyl groups is 3. The minimum Gasteiger partial charge on any atom is -0.394 e. The highest BCUT2D eigenvalue weighted by Gasteiger charge is 2.53. The molecule has 2 aromatic heterocycles. The zero-order valence-corrected chi connectivity index (χ0v) is 12.6. The van der Waals surface area contributed by atoms with E-state index in [1.54, 1.807) is 4.57 Å². The molecule has 8 heteroatoms. The van der Waals surface area contributed by atoms with Gasteiger partial charge in [0.2, 0.25) is 0 Å². The molecular formula is C15H18N4O4. The Morgan fingerprint density at radius 1 is 1.43 bits per heavy atom. The zero-order valence-electron chi connectivity index (χ0n) is 12.6. The molecule has 2 aliphatic rings. The highest BCUT2D eigenvalue weighted by atomic mass is 16.6. The van der Waals surface area contributed by atoms with Crippen molar-refractivity contribution in [1.29, 1.82) is 0 Å². The van der Waals surface area contributed by atoms with Crippen LogP contribution in [0.3, 0.4) is 0 Å². The molecule has 4 atom stereocenters. The average molecular weight is 318 g/mol. The molecule has 0 bridgehead atoms. The van der Waals surface area contributed by atoms with Gasteiger partial charge in [0, 0.05) is 12.4 Å². The molecule has 0 aromatic carbocycles. The Bertz CT molecular complexity index is 785. The minimum absolute atomic E-state index is 0.371. The number of nitrogens with zero attached hydrogens (tertiary/aromatic N) is 4. The lowest BCUT2D eigenvalue weighted by Gasteiger charge is -2.27. The van der Waals surface area contributed by atoms with E-state index in [2.05, 4.69) is 15.0 Å². The summed E-state index contributed by atoms with van der Waals surface area (Å²) < 4.78 is 7.40. The highest BCUT2D eigenvalue weighted by molar-refractivity contribution is 5.92. The maximum atomic E-state index is 10.7. The molecule has 122 valence electrons. The van der Waals surface area contributed by atoms with Crippen LogP contribution in [-0.4, -0.2) is 60.5 Å². The number of aromatic nitrogens is 3. The Morgan fingerprint density at radius 2 is 2.26 bits per heavy atom. The van der Waals surface area contributed by atoms with Gasteiger partial charge in [-0.1, -0.05) is 0 Å².